The van der Waals surface area contributed by atoms with Gasteiger partial charge < -0.3 is 5.11 Å². The second kappa shape index (κ2) is 5.55. The van der Waals surface area contributed by atoms with Gasteiger partial charge in [-0.3, -0.25) is 4.68 Å². The number of aliphatic hydroxyl groups excluding tert-OH is 1. The highest BCUT2D eigenvalue weighted by Gasteiger charge is 2.14. The molecule has 0 aliphatic rings. The highest BCUT2D eigenvalue weighted by atomic mass is 35.5. The standard InChI is InChI=1S/C14H17ClN2O/c1-3-17-13(8-10(2)16-17)14(18)9-11-4-6-12(15)7-5-11/h4-8,14,18H,3,9H2,1-2H3. The Bertz CT molecular complexity index is 519. The Hall–Kier alpha value is -1.32. The minimum atomic E-state index is -0.535. The van der Waals surface area contributed by atoms with Crippen LogP contribution in [0.25, 0.3) is 0 Å². The fourth-order valence-corrected chi connectivity index (χ4v) is 2.16. The molecule has 2 rings (SSSR count). The summed E-state index contributed by atoms with van der Waals surface area (Å²) < 4.78 is 1.84. The average Bonchev–Trinajstić information content (AvgIpc) is 2.73. The number of hydrogen-bond donors (Lipinski definition) is 1. The number of rotatable bonds is 4. The Morgan fingerprint density at radius 1 is 1.33 bits per heavy atom. The Labute approximate surface area is 112 Å². The summed E-state index contributed by atoms with van der Waals surface area (Å²) >= 11 is 5.84. The predicted octanol–water partition coefficient (Wildman–Crippen LogP) is 3.14. The molecular weight excluding hydrogens is 248 g/mol. The first-order valence-electron chi connectivity index (χ1n) is 6.07. The van der Waals surface area contributed by atoms with Crippen molar-refractivity contribution in [1.29, 1.82) is 0 Å². The van der Waals surface area contributed by atoms with E-state index in [1.165, 1.54) is 0 Å². The van der Waals surface area contributed by atoms with E-state index in [4.69, 9.17) is 11.6 Å². The maximum Gasteiger partial charge on any atom is 0.0996 e. The smallest absolute Gasteiger partial charge is 0.0996 e. The van der Waals surface area contributed by atoms with Crippen molar-refractivity contribution in [2.75, 3.05) is 0 Å². The van der Waals surface area contributed by atoms with Crippen LogP contribution in [0, 0.1) is 6.92 Å². The molecule has 2 aromatic rings. The molecule has 1 heterocycles. The fraction of sp³-hybridized carbons (Fsp3) is 0.357. The maximum absolute atomic E-state index is 10.3. The van der Waals surface area contributed by atoms with Gasteiger partial charge in [0.05, 0.1) is 17.5 Å². The van der Waals surface area contributed by atoms with Crippen molar-refractivity contribution in [3.05, 3.63) is 52.3 Å². The minimum absolute atomic E-state index is 0.535. The van der Waals surface area contributed by atoms with Gasteiger partial charge in [-0.1, -0.05) is 23.7 Å². The number of halogens is 1. The molecular formula is C14H17ClN2O. The number of benzene rings is 1. The zero-order valence-electron chi connectivity index (χ0n) is 10.6. The van der Waals surface area contributed by atoms with E-state index in [1.54, 1.807) is 0 Å². The molecule has 0 bridgehead atoms. The second-order valence-electron chi connectivity index (χ2n) is 4.37. The van der Waals surface area contributed by atoms with Gasteiger partial charge in [0.15, 0.2) is 0 Å². The highest BCUT2D eigenvalue weighted by Crippen LogP contribution is 2.20. The van der Waals surface area contributed by atoms with Crippen LogP contribution in [0.15, 0.2) is 30.3 Å². The Balaban J connectivity index is 2.16. The number of aromatic nitrogens is 2. The minimum Gasteiger partial charge on any atom is -0.386 e. The van der Waals surface area contributed by atoms with Gasteiger partial charge >= 0.3 is 0 Å². The van der Waals surface area contributed by atoms with Crippen molar-refractivity contribution < 1.29 is 5.11 Å². The van der Waals surface area contributed by atoms with Gasteiger partial charge in [0.1, 0.15) is 0 Å². The number of aliphatic hydroxyl groups is 1. The summed E-state index contributed by atoms with van der Waals surface area (Å²) in [4.78, 5) is 0. The molecule has 0 radical (unpaired) electrons. The normalized spacial score (nSPS) is 12.7. The molecule has 3 nitrogen and oxygen atoms in total. The second-order valence-corrected chi connectivity index (χ2v) is 4.81. The molecule has 1 atom stereocenters. The van der Waals surface area contributed by atoms with Crippen LogP contribution >= 0.6 is 11.6 Å². The summed E-state index contributed by atoms with van der Waals surface area (Å²) in [5.74, 6) is 0. The van der Waals surface area contributed by atoms with Crippen LogP contribution < -0.4 is 0 Å². The first-order chi connectivity index (χ1) is 8.60. The van der Waals surface area contributed by atoms with Gasteiger partial charge in [-0.05, 0) is 37.6 Å². The first kappa shape index (κ1) is 13.1. The van der Waals surface area contributed by atoms with E-state index in [0.29, 0.717) is 11.4 Å². The number of hydrogen-bond acceptors (Lipinski definition) is 2. The van der Waals surface area contributed by atoms with E-state index in [2.05, 4.69) is 5.10 Å². The van der Waals surface area contributed by atoms with Crippen LogP contribution in [0.3, 0.4) is 0 Å². The highest BCUT2D eigenvalue weighted by molar-refractivity contribution is 6.30. The van der Waals surface area contributed by atoms with E-state index in [-0.39, 0.29) is 0 Å². The molecule has 1 aromatic carbocycles. The van der Waals surface area contributed by atoms with Gasteiger partial charge in [0.2, 0.25) is 0 Å². The lowest BCUT2D eigenvalue weighted by Crippen LogP contribution is -2.10. The third-order valence-electron chi connectivity index (χ3n) is 2.92. The Morgan fingerprint density at radius 2 is 2.00 bits per heavy atom. The van der Waals surface area contributed by atoms with E-state index < -0.39 is 6.10 Å². The quantitative estimate of drug-likeness (QED) is 0.921. The van der Waals surface area contributed by atoms with Crippen molar-refractivity contribution in [3.63, 3.8) is 0 Å². The van der Waals surface area contributed by atoms with Crippen LogP contribution in [0.1, 0.15) is 30.0 Å². The largest absolute Gasteiger partial charge is 0.386 e. The van der Waals surface area contributed by atoms with Crippen LogP contribution in [0.2, 0.25) is 5.02 Å². The van der Waals surface area contributed by atoms with Gasteiger partial charge in [0.25, 0.3) is 0 Å². The summed E-state index contributed by atoms with van der Waals surface area (Å²) in [6.07, 6.45) is 0.0368. The number of nitrogens with zero attached hydrogens (tertiary/aromatic N) is 2. The van der Waals surface area contributed by atoms with Gasteiger partial charge in [0, 0.05) is 18.0 Å². The van der Waals surface area contributed by atoms with E-state index in [0.717, 1.165) is 23.5 Å². The summed E-state index contributed by atoms with van der Waals surface area (Å²) in [5.41, 5.74) is 2.86. The monoisotopic (exact) mass is 264 g/mol. The topological polar surface area (TPSA) is 38.0 Å². The Kier molecular flexibility index (Phi) is 4.04. The zero-order chi connectivity index (χ0) is 13.1. The molecule has 96 valence electrons. The predicted molar refractivity (Wildman–Crippen MR) is 72.8 cm³/mol. The first-order valence-corrected chi connectivity index (χ1v) is 6.44. The molecule has 0 saturated heterocycles. The lowest BCUT2D eigenvalue weighted by molar-refractivity contribution is 0.167. The van der Waals surface area contributed by atoms with Gasteiger partial charge in [-0.15, -0.1) is 0 Å². The third-order valence-corrected chi connectivity index (χ3v) is 3.17. The number of aryl methyl sites for hydroxylation is 2. The molecule has 0 aliphatic heterocycles. The zero-order valence-corrected chi connectivity index (χ0v) is 11.4. The van der Waals surface area contributed by atoms with E-state index >= 15 is 0 Å². The molecule has 0 fully saturated rings. The van der Waals surface area contributed by atoms with Crippen molar-refractivity contribution in [2.24, 2.45) is 0 Å². The SMILES string of the molecule is CCn1nc(C)cc1C(O)Cc1ccc(Cl)cc1. The fourth-order valence-electron chi connectivity index (χ4n) is 2.04. The van der Waals surface area contributed by atoms with Crippen molar-refractivity contribution >= 4 is 11.6 Å². The lowest BCUT2D eigenvalue weighted by atomic mass is 10.1. The maximum atomic E-state index is 10.3. The van der Waals surface area contributed by atoms with Crippen molar-refractivity contribution in [2.45, 2.75) is 32.9 Å². The summed E-state index contributed by atoms with van der Waals surface area (Å²) in [6, 6.07) is 9.48. The molecule has 4 heteroatoms. The van der Waals surface area contributed by atoms with Crippen molar-refractivity contribution in [3.8, 4) is 0 Å². The molecule has 0 spiro atoms. The van der Waals surface area contributed by atoms with Crippen LogP contribution in [-0.2, 0) is 13.0 Å². The van der Waals surface area contributed by atoms with Crippen LogP contribution in [-0.4, -0.2) is 14.9 Å². The third kappa shape index (κ3) is 2.92. The van der Waals surface area contributed by atoms with Crippen molar-refractivity contribution in [1.82, 2.24) is 9.78 Å². The summed E-state index contributed by atoms with van der Waals surface area (Å²) in [7, 11) is 0. The molecule has 18 heavy (non-hydrogen) atoms. The molecule has 1 N–H and O–H groups in total. The van der Waals surface area contributed by atoms with Gasteiger partial charge in [-0.2, -0.15) is 5.10 Å². The molecule has 0 amide bonds. The van der Waals surface area contributed by atoms with E-state index in [1.807, 2.05) is 48.9 Å². The summed E-state index contributed by atoms with van der Waals surface area (Å²) in [6.45, 7) is 4.72. The molecule has 0 saturated carbocycles. The lowest BCUT2D eigenvalue weighted by Gasteiger charge is -2.12. The average molecular weight is 265 g/mol. The molecule has 1 unspecified atom stereocenters. The van der Waals surface area contributed by atoms with E-state index in [9.17, 15) is 5.11 Å². The van der Waals surface area contributed by atoms with Crippen LogP contribution in [0.4, 0.5) is 0 Å². The Morgan fingerprint density at radius 3 is 2.61 bits per heavy atom. The van der Waals surface area contributed by atoms with Gasteiger partial charge in [-0.25, -0.2) is 0 Å². The molecule has 0 aliphatic carbocycles. The molecule has 1 aromatic heterocycles. The summed E-state index contributed by atoms with van der Waals surface area (Å²) in [5, 5.41) is 15.3. The van der Waals surface area contributed by atoms with Crippen LogP contribution in [0.5, 0.6) is 0 Å².